The summed E-state index contributed by atoms with van der Waals surface area (Å²) in [5, 5.41) is 0.492. The van der Waals surface area contributed by atoms with Crippen molar-refractivity contribution in [3.63, 3.8) is 0 Å². The summed E-state index contributed by atoms with van der Waals surface area (Å²) in [6, 6.07) is 0. The molecule has 0 amide bonds. The molecule has 12 heavy (non-hydrogen) atoms. The Morgan fingerprint density at radius 3 is 2.42 bits per heavy atom. The van der Waals surface area contributed by atoms with Gasteiger partial charge < -0.3 is 0 Å². The van der Waals surface area contributed by atoms with E-state index in [0.29, 0.717) is 16.9 Å². The van der Waals surface area contributed by atoms with Gasteiger partial charge in [-0.3, -0.25) is 0 Å². The molecule has 0 unspecified atom stereocenters. The molecule has 1 heterocycles. The van der Waals surface area contributed by atoms with E-state index in [4.69, 9.17) is 11.6 Å². The van der Waals surface area contributed by atoms with Gasteiger partial charge in [0.2, 0.25) is 0 Å². The first-order valence-corrected chi connectivity index (χ1v) is 4.89. The summed E-state index contributed by atoms with van der Waals surface area (Å²) in [7, 11) is 0. The smallest absolute Gasteiger partial charge is 0.147 e. The van der Waals surface area contributed by atoms with Crippen molar-refractivity contribution in [2.75, 3.05) is 0 Å². The number of rotatable bonds is 1. The van der Waals surface area contributed by atoms with Crippen molar-refractivity contribution in [3.8, 4) is 0 Å². The first-order chi connectivity index (χ1) is 5.52. The van der Waals surface area contributed by atoms with Crippen LogP contribution in [0.25, 0.3) is 0 Å². The van der Waals surface area contributed by atoms with Crippen LogP contribution in [0.5, 0.6) is 0 Å². The van der Waals surface area contributed by atoms with Crippen LogP contribution in [-0.4, -0.2) is 9.97 Å². The Balaban J connectivity index is 3.28. The summed E-state index contributed by atoms with van der Waals surface area (Å²) in [5.41, 5.74) is 0.965. The maximum atomic E-state index is 5.87. The van der Waals surface area contributed by atoms with Gasteiger partial charge in [0.05, 0.1) is 10.2 Å². The van der Waals surface area contributed by atoms with Crippen LogP contribution in [0.2, 0.25) is 5.15 Å². The second-order valence-electron chi connectivity index (χ2n) is 2.92. The Kier molecular flexibility index (Phi) is 3.07. The third kappa shape index (κ3) is 1.96. The molecule has 0 bridgehead atoms. The minimum absolute atomic E-state index is 0.360. The summed E-state index contributed by atoms with van der Waals surface area (Å²) in [5.74, 6) is 1.07. The zero-order chi connectivity index (χ0) is 9.30. The number of hydrogen-bond acceptors (Lipinski definition) is 2. The predicted octanol–water partition coefficient (Wildman–Crippen LogP) is 3.32. The molecule has 0 saturated carbocycles. The van der Waals surface area contributed by atoms with E-state index in [1.54, 1.807) is 0 Å². The zero-order valence-corrected chi connectivity index (χ0v) is 9.57. The molecule has 0 saturated heterocycles. The van der Waals surface area contributed by atoms with Crippen LogP contribution >= 0.6 is 27.5 Å². The normalized spacial score (nSPS) is 10.8. The van der Waals surface area contributed by atoms with Gasteiger partial charge >= 0.3 is 0 Å². The van der Waals surface area contributed by atoms with Gasteiger partial charge in [-0.15, -0.1) is 0 Å². The lowest BCUT2D eigenvalue weighted by Gasteiger charge is -2.08. The molecule has 0 N–H and O–H groups in total. The predicted molar refractivity (Wildman–Crippen MR) is 53.6 cm³/mol. The van der Waals surface area contributed by atoms with Crippen molar-refractivity contribution in [3.05, 3.63) is 21.1 Å². The molecule has 0 radical (unpaired) electrons. The number of halogens is 2. The molecule has 0 atom stereocenters. The van der Waals surface area contributed by atoms with Crippen molar-refractivity contribution in [2.24, 2.45) is 0 Å². The summed E-state index contributed by atoms with van der Waals surface area (Å²) in [6.07, 6.45) is 0. The summed E-state index contributed by atoms with van der Waals surface area (Å²) < 4.78 is 0.810. The molecule has 0 aromatic carbocycles. The number of aromatic nitrogens is 2. The Morgan fingerprint density at radius 1 is 1.33 bits per heavy atom. The highest BCUT2D eigenvalue weighted by atomic mass is 79.9. The lowest BCUT2D eigenvalue weighted by Crippen LogP contribution is -1.99. The summed E-state index contributed by atoms with van der Waals surface area (Å²) in [6.45, 7) is 5.98. The van der Waals surface area contributed by atoms with Gasteiger partial charge in [0.1, 0.15) is 11.0 Å². The molecule has 1 aromatic heterocycles. The molecule has 0 aliphatic carbocycles. The molecule has 2 nitrogen and oxygen atoms in total. The molecule has 0 aliphatic heterocycles. The second kappa shape index (κ2) is 3.71. The van der Waals surface area contributed by atoms with E-state index < -0.39 is 0 Å². The first-order valence-electron chi connectivity index (χ1n) is 3.72. The Hall–Kier alpha value is -0.150. The van der Waals surface area contributed by atoms with Crippen molar-refractivity contribution < 1.29 is 0 Å². The number of hydrogen-bond donors (Lipinski definition) is 0. The SMILES string of the molecule is Cc1nc(Cl)c(Br)c(C(C)C)n1. The quantitative estimate of drug-likeness (QED) is 0.714. The molecule has 4 heteroatoms. The number of nitrogens with zero attached hydrogens (tertiary/aromatic N) is 2. The Bertz CT molecular complexity index is 299. The fourth-order valence-corrected chi connectivity index (χ4v) is 1.78. The Morgan fingerprint density at radius 2 is 1.92 bits per heavy atom. The minimum Gasteiger partial charge on any atom is -0.237 e. The van der Waals surface area contributed by atoms with E-state index in [9.17, 15) is 0 Å². The van der Waals surface area contributed by atoms with Gasteiger partial charge in [0.25, 0.3) is 0 Å². The maximum Gasteiger partial charge on any atom is 0.147 e. The van der Waals surface area contributed by atoms with Crippen LogP contribution in [-0.2, 0) is 0 Å². The van der Waals surface area contributed by atoms with Gasteiger partial charge in [-0.25, -0.2) is 9.97 Å². The lowest BCUT2D eigenvalue weighted by molar-refractivity contribution is 0.794. The third-order valence-corrected chi connectivity index (χ3v) is 2.78. The molecular formula is C8H10BrClN2. The van der Waals surface area contributed by atoms with E-state index in [-0.39, 0.29) is 0 Å². The van der Waals surface area contributed by atoms with Crippen LogP contribution in [0.3, 0.4) is 0 Å². The third-order valence-electron chi connectivity index (χ3n) is 1.50. The monoisotopic (exact) mass is 248 g/mol. The van der Waals surface area contributed by atoms with Gasteiger partial charge in [-0.1, -0.05) is 25.4 Å². The highest BCUT2D eigenvalue weighted by molar-refractivity contribution is 9.10. The summed E-state index contributed by atoms with van der Waals surface area (Å²) in [4.78, 5) is 8.31. The molecular weight excluding hydrogens is 239 g/mol. The van der Waals surface area contributed by atoms with E-state index in [2.05, 4.69) is 39.7 Å². The van der Waals surface area contributed by atoms with Crippen molar-refractivity contribution >= 4 is 27.5 Å². The van der Waals surface area contributed by atoms with Crippen LogP contribution in [0.1, 0.15) is 31.3 Å². The maximum absolute atomic E-state index is 5.87. The van der Waals surface area contributed by atoms with Crippen LogP contribution in [0.4, 0.5) is 0 Å². The van der Waals surface area contributed by atoms with E-state index >= 15 is 0 Å². The fourth-order valence-electron chi connectivity index (χ4n) is 0.928. The van der Waals surface area contributed by atoms with Crippen LogP contribution < -0.4 is 0 Å². The van der Waals surface area contributed by atoms with Crippen LogP contribution in [0, 0.1) is 6.92 Å². The Labute approximate surface area is 85.5 Å². The second-order valence-corrected chi connectivity index (χ2v) is 4.07. The van der Waals surface area contributed by atoms with E-state index in [1.165, 1.54) is 0 Å². The standard InChI is InChI=1S/C8H10BrClN2/c1-4(2)7-6(9)8(10)12-5(3)11-7/h4H,1-3H3. The van der Waals surface area contributed by atoms with Crippen molar-refractivity contribution in [2.45, 2.75) is 26.7 Å². The largest absolute Gasteiger partial charge is 0.237 e. The summed E-state index contributed by atoms with van der Waals surface area (Å²) >= 11 is 9.22. The topological polar surface area (TPSA) is 25.8 Å². The molecule has 0 fully saturated rings. The van der Waals surface area contributed by atoms with E-state index in [0.717, 1.165) is 10.2 Å². The molecule has 66 valence electrons. The average molecular weight is 250 g/mol. The highest BCUT2D eigenvalue weighted by Gasteiger charge is 2.11. The molecule has 1 aromatic rings. The van der Waals surface area contributed by atoms with Gasteiger partial charge in [0, 0.05) is 0 Å². The first kappa shape index (κ1) is 9.93. The lowest BCUT2D eigenvalue weighted by atomic mass is 10.1. The van der Waals surface area contributed by atoms with Gasteiger partial charge in [-0.2, -0.15) is 0 Å². The highest BCUT2D eigenvalue weighted by Crippen LogP contribution is 2.28. The number of aryl methyl sites for hydroxylation is 1. The van der Waals surface area contributed by atoms with Crippen molar-refractivity contribution in [1.82, 2.24) is 9.97 Å². The van der Waals surface area contributed by atoms with Gasteiger partial charge in [0.15, 0.2) is 0 Å². The fraction of sp³-hybridized carbons (Fsp3) is 0.500. The zero-order valence-electron chi connectivity index (χ0n) is 7.23. The average Bonchev–Trinajstić information content (AvgIpc) is 1.96. The molecule has 1 rings (SSSR count). The van der Waals surface area contributed by atoms with Crippen LogP contribution in [0.15, 0.2) is 4.47 Å². The van der Waals surface area contributed by atoms with E-state index in [1.807, 2.05) is 6.92 Å². The van der Waals surface area contributed by atoms with Crippen molar-refractivity contribution in [1.29, 1.82) is 0 Å². The molecule has 0 spiro atoms. The minimum atomic E-state index is 0.360. The van der Waals surface area contributed by atoms with Gasteiger partial charge in [-0.05, 0) is 28.8 Å². The molecule has 0 aliphatic rings.